The van der Waals surface area contributed by atoms with Crippen LogP contribution in [0.3, 0.4) is 0 Å². The molecule has 0 saturated carbocycles. The lowest BCUT2D eigenvalue weighted by atomic mass is 10.0. The Morgan fingerprint density at radius 2 is 0.844 bits per heavy atom. The number of unbranched alkanes of at least 4 members (excludes halogenated alkanes) is 19. The lowest BCUT2D eigenvalue weighted by Gasteiger charge is -2.18. The second kappa shape index (κ2) is 24.8. The molecule has 0 aliphatic heterocycles. The van der Waals surface area contributed by atoms with Crippen molar-refractivity contribution < 1.29 is 9.53 Å². The minimum absolute atomic E-state index is 0.0896. The van der Waals surface area contributed by atoms with E-state index >= 15 is 0 Å². The molecular weight excluding hydrogens is 392 g/mol. The van der Waals surface area contributed by atoms with Crippen molar-refractivity contribution in [1.29, 1.82) is 0 Å². The molecule has 0 amide bonds. The molecule has 0 fully saturated rings. The van der Waals surface area contributed by atoms with Gasteiger partial charge in [-0.05, 0) is 32.6 Å². The number of ether oxygens (including phenoxy) is 1. The van der Waals surface area contributed by atoms with Gasteiger partial charge in [0.25, 0.3) is 0 Å². The topological polar surface area (TPSA) is 26.3 Å². The highest BCUT2D eigenvalue weighted by Gasteiger charge is 2.14. The number of rotatable bonds is 25. The van der Waals surface area contributed by atoms with Crippen LogP contribution in [0.15, 0.2) is 12.2 Å². The molecule has 190 valence electrons. The smallest absolute Gasteiger partial charge is 0.333 e. The number of hydrogen-bond acceptors (Lipinski definition) is 2. The van der Waals surface area contributed by atoms with Crippen molar-refractivity contribution in [2.75, 3.05) is 0 Å². The van der Waals surface area contributed by atoms with Gasteiger partial charge in [-0.15, -0.1) is 0 Å². The van der Waals surface area contributed by atoms with Crippen LogP contribution in [0.1, 0.15) is 168 Å². The summed E-state index contributed by atoms with van der Waals surface area (Å²) in [5.41, 5.74) is 0.525. The van der Waals surface area contributed by atoms with Gasteiger partial charge < -0.3 is 4.74 Å². The van der Waals surface area contributed by atoms with Gasteiger partial charge >= 0.3 is 5.97 Å². The first kappa shape index (κ1) is 31.2. The van der Waals surface area contributed by atoms with Crippen LogP contribution in [-0.4, -0.2) is 12.1 Å². The molecule has 0 heterocycles. The number of esters is 1. The van der Waals surface area contributed by atoms with E-state index in [1.54, 1.807) is 6.92 Å². The molecule has 1 unspecified atom stereocenters. The zero-order chi connectivity index (χ0) is 23.7. The van der Waals surface area contributed by atoms with Crippen molar-refractivity contribution in [3.63, 3.8) is 0 Å². The molecule has 0 spiro atoms. The highest BCUT2D eigenvalue weighted by molar-refractivity contribution is 5.87. The predicted octanol–water partition coefficient (Wildman–Crippen LogP) is 10.5. The molecule has 0 rings (SSSR count). The SMILES string of the molecule is C=C(C)C(=O)OC(CCCCCCCCCCCC)CCCCCCCCCCCCC. The molecule has 0 aromatic rings. The van der Waals surface area contributed by atoms with Gasteiger partial charge in [0.2, 0.25) is 0 Å². The Labute approximate surface area is 202 Å². The average molecular weight is 451 g/mol. The summed E-state index contributed by atoms with van der Waals surface area (Å²) in [6, 6.07) is 0. The van der Waals surface area contributed by atoms with Crippen LogP contribution in [0.5, 0.6) is 0 Å². The molecule has 0 aromatic heterocycles. The Balaban J connectivity index is 3.79. The summed E-state index contributed by atoms with van der Waals surface area (Å²) >= 11 is 0. The Kier molecular flexibility index (Phi) is 24.2. The summed E-state index contributed by atoms with van der Waals surface area (Å²) in [5.74, 6) is -0.204. The van der Waals surface area contributed by atoms with Gasteiger partial charge in [0.05, 0.1) is 0 Å². The number of hydrogen-bond donors (Lipinski definition) is 0. The minimum Gasteiger partial charge on any atom is -0.459 e. The Morgan fingerprint density at radius 1 is 0.562 bits per heavy atom. The average Bonchev–Trinajstić information content (AvgIpc) is 2.78. The van der Waals surface area contributed by atoms with Gasteiger partial charge in [-0.2, -0.15) is 0 Å². The first-order valence-corrected chi connectivity index (χ1v) is 14.5. The van der Waals surface area contributed by atoms with Gasteiger partial charge in [0.15, 0.2) is 0 Å². The third-order valence-electron chi connectivity index (χ3n) is 6.63. The van der Waals surface area contributed by atoms with Gasteiger partial charge in [0, 0.05) is 5.57 Å². The summed E-state index contributed by atoms with van der Waals surface area (Å²) in [6.45, 7) is 10.1. The van der Waals surface area contributed by atoms with Gasteiger partial charge in [0.1, 0.15) is 6.10 Å². The van der Waals surface area contributed by atoms with Crippen LogP contribution >= 0.6 is 0 Å². The van der Waals surface area contributed by atoms with E-state index in [0.717, 1.165) is 12.8 Å². The quantitative estimate of drug-likeness (QED) is 0.0785. The fourth-order valence-electron chi connectivity index (χ4n) is 4.41. The fourth-order valence-corrected chi connectivity index (χ4v) is 4.41. The summed E-state index contributed by atoms with van der Waals surface area (Å²) in [4.78, 5) is 12.0. The van der Waals surface area contributed by atoms with E-state index in [-0.39, 0.29) is 12.1 Å². The molecular formula is C30H58O2. The van der Waals surface area contributed by atoms with Crippen molar-refractivity contribution in [3.8, 4) is 0 Å². The van der Waals surface area contributed by atoms with Crippen molar-refractivity contribution in [2.45, 2.75) is 175 Å². The molecule has 0 radical (unpaired) electrons. The van der Waals surface area contributed by atoms with Crippen molar-refractivity contribution >= 4 is 5.97 Å². The van der Waals surface area contributed by atoms with Gasteiger partial charge in [-0.25, -0.2) is 4.79 Å². The van der Waals surface area contributed by atoms with Crippen LogP contribution in [0.4, 0.5) is 0 Å². The maximum Gasteiger partial charge on any atom is 0.333 e. The monoisotopic (exact) mass is 450 g/mol. The fraction of sp³-hybridized carbons (Fsp3) is 0.900. The summed E-state index contributed by atoms with van der Waals surface area (Å²) in [7, 11) is 0. The van der Waals surface area contributed by atoms with Crippen molar-refractivity contribution in [3.05, 3.63) is 12.2 Å². The Bertz CT molecular complexity index is 415. The second-order valence-corrected chi connectivity index (χ2v) is 10.1. The van der Waals surface area contributed by atoms with Crippen LogP contribution in [0.25, 0.3) is 0 Å². The lowest BCUT2D eigenvalue weighted by Crippen LogP contribution is -2.18. The van der Waals surface area contributed by atoms with E-state index in [0.29, 0.717) is 5.57 Å². The van der Waals surface area contributed by atoms with E-state index in [4.69, 9.17) is 4.74 Å². The van der Waals surface area contributed by atoms with Crippen LogP contribution in [0, 0.1) is 0 Å². The van der Waals surface area contributed by atoms with E-state index in [1.807, 2.05) is 0 Å². The highest BCUT2D eigenvalue weighted by Crippen LogP contribution is 2.18. The Hall–Kier alpha value is -0.790. The van der Waals surface area contributed by atoms with Crippen molar-refractivity contribution in [2.24, 2.45) is 0 Å². The van der Waals surface area contributed by atoms with E-state index < -0.39 is 0 Å². The maximum absolute atomic E-state index is 12.0. The highest BCUT2D eigenvalue weighted by atomic mass is 16.5. The molecule has 2 heteroatoms. The first-order chi connectivity index (χ1) is 15.6. The van der Waals surface area contributed by atoms with Gasteiger partial charge in [-0.1, -0.05) is 142 Å². The van der Waals surface area contributed by atoms with Gasteiger partial charge in [-0.3, -0.25) is 0 Å². The molecule has 0 saturated heterocycles. The van der Waals surface area contributed by atoms with Crippen LogP contribution < -0.4 is 0 Å². The third kappa shape index (κ3) is 22.4. The summed E-state index contributed by atoms with van der Waals surface area (Å²) in [6.07, 6.45) is 30.5. The zero-order valence-corrected chi connectivity index (χ0v) is 22.4. The summed E-state index contributed by atoms with van der Waals surface area (Å²) in [5, 5.41) is 0. The Morgan fingerprint density at radius 3 is 1.12 bits per heavy atom. The number of carbonyl (C=O) groups excluding carboxylic acids is 1. The molecule has 0 aliphatic carbocycles. The normalized spacial score (nSPS) is 12.1. The molecule has 0 N–H and O–H groups in total. The molecule has 0 bridgehead atoms. The lowest BCUT2D eigenvalue weighted by molar-refractivity contribution is -0.145. The van der Waals surface area contributed by atoms with E-state index in [9.17, 15) is 4.79 Å². The van der Waals surface area contributed by atoms with E-state index in [1.165, 1.54) is 135 Å². The van der Waals surface area contributed by atoms with Crippen LogP contribution in [-0.2, 0) is 9.53 Å². The van der Waals surface area contributed by atoms with E-state index in [2.05, 4.69) is 20.4 Å². The minimum atomic E-state index is -0.204. The number of carbonyl (C=O) groups is 1. The van der Waals surface area contributed by atoms with Crippen LogP contribution in [0.2, 0.25) is 0 Å². The maximum atomic E-state index is 12.0. The molecule has 2 nitrogen and oxygen atoms in total. The standard InChI is InChI=1S/C30H58O2/c1-5-7-9-11-13-15-17-19-21-23-25-27-29(32-30(31)28(3)4)26-24-22-20-18-16-14-12-10-8-6-2/h29H,3,5-27H2,1-2,4H3. The van der Waals surface area contributed by atoms with Crippen molar-refractivity contribution in [1.82, 2.24) is 0 Å². The summed E-state index contributed by atoms with van der Waals surface area (Å²) < 4.78 is 5.75. The second-order valence-electron chi connectivity index (χ2n) is 10.1. The zero-order valence-electron chi connectivity index (χ0n) is 22.4. The largest absolute Gasteiger partial charge is 0.459 e. The molecule has 1 atom stereocenters. The first-order valence-electron chi connectivity index (χ1n) is 14.5. The molecule has 0 aliphatic rings. The molecule has 0 aromatic carbocycles. The third-order valence-corrected chi connectivity index (χ3v) is 6.63. The molecule has 32 heavy (non-hydrogen) atoms. The predicted molar refractivity (Wildman–Crippen MR) is 142 cm³/mol.